The van der Waals surface area contributed by atoms with Crippen molar-refractivity contribution >= 4 is 17.8 Å². The zero-order valence-electron chi connectivity index (χ0n) is 13.3. The molecule has 0 saturated heterocycles. The van der Waals surface area contributed by atoms with Gasteiger partial charge in [0.2, 0.25) is 5.91 Å². The van der Waals surface area contributed by atoms with Crippen LogP contribution in [0.1, 0.15) is 43.0 Å². The summed E-state index contributed by atoms with van der Waals surface area (Å²) in [5, 5.41) is 10.4. The molecule has 1 atom stereocenters. The minimum Gasteiger partial charge on any atom is -0.308 e. The Morgan fingerprint density at radius 2 is 2.09 bits per heavy atom. The van der Waals surface area contributed by atoms with Crippen LogP contribution in [0, 0.1) is 5.92 Å². The van der Waals surface area contributed by atoms with Gasteiger partial charge in [0.15, 0.2) is 5.82 Å². The molecule has 1 aromatic carbocycles. The van der Waals surface area contributed by atoms with Crippen LogP contribution < -0.4 is 5.32 Å². The average Bonchev–Trinajstić information content (AvgIpc) is 2.88. The van der Waals surface area contributed by atoms with E-state index < -0.39 is 0 Å². The molecule has 4 heteroatoms. The lowest BCUT2D eigenvalue weighted by Gasteiger charge is -2.29. The quantitative estimate of drug-likeness (QED) is 0.909. The van der Waals surface area contributed by atoms with Crippen LogP contribution in [-0.2, 0) is 16.6 Å². The third-order valence-corrected chi connectivity index (χ3v) is 5.20. The Balaban J connectivity index is 1.57. The van der Waals surface area contributed by atoms with Crippen LogP contribution >= 0.6 is 0 Å². The van der Waals surface area contributed by atoms with Crippen molar-refractivity contribution in [1.82, 2.24) is 10.2 Å². The first kappa shape index (κ1) is 14.2. The topological polar surface area (TPSA) is 57.8 Å². The smallest absolute Gasteiger partial charge is 0.228 e. The third kappa shape index (κ3) is 2.48. The van der Waals surface area contributed by atoms with Crippen molar-refractivity contribution in [2.24, 2.45) is 5.92 Å². The van der Waals surface area contributed by atoms with Gasteiger partial charge < -0.3 is 5.32 Å². The molecule has 0 aliphatic heterocycles. The summed E-state index contributed by atoms with van der Waals surface area (Å²) in [4.78, 5) is 12.1. The van der Waals surface area contributed by atoms with Crippen molar-refractivity contribution in [3.63, 3.8) is 0 Å². The third-order valence-electron chi connectivity index (χ3n) is 5.20. The molecule has 0 bridgehead atoms. The molecule has 0 spiro atoms. The lowest BCUT2D eigenvalue weighted by atomic mass is 9.75. The van der Waals surface area contributed by atoms with E-state index in [1.54, 1.807) is 0 Å². The molecule has 0 radical (unpaired) electrons. The summed E-state index contributed by atoms with van der Waals surface area (Å²) >= 11 is 0. The van der Waals surface area contributed by atoms with Crippen LogP contribution in [0.5, 0.6) is 0 Å². The van der Waals surface area contributed by atoms with E-state index in [1.165, 1.54) is 5.56 Å². The minimum absolute atomic E-state index is 0.0456. The maximum absolute atomic E-state index is 12.1. The van der Waals surface area contributed by atoms with Gasteiger partial charge in [0, 0.05) is 29.0 Å². The van der Waals surface area contributed by atoms with Gasteiger partial charge in [-0.2, -0.15) is 5.10 Å². The molecule has 4 nitrogen and oxygen atoms in total. The summed E-state index contributed by atoms with van der Waals surface area (Å²) in [5.74, 6) is 0.947. The van der Waals surface area contributed by atoms with Crippen LogP contribution in [0.25, 0.3) is 6.08 Å². The first-order valence-electron chi connectivity index (χ1n) is 8.28. The molecule has 2 N–H and O–H groups in total. The van der Waals surface area contributed by atoms with E-state index in [0.29, 0.717) is 5.82 Å². The van der Waals surface area contributed by atoms with Crippen molar-refractivity contribution in [3.8, 4) is 0 Å². The van der Waals surface area contributed by atoms with Crippen LogP contribution in [0.4, 0.5) is 5.82 Å². The van der Waals surface area contributed by atoms with E-state index in [1.807, 2.05) is 6.07 Å². The molecule has 1 aromatic heterocycles. The minimum atomic E-state index is -0.0456. The van der Waals surface area contributed by atoms with Crippen molar-refractivity contribution in [2.45, 2.75) is 38.0 Å². The second-order valence-electron chi connectivity index (χ2n) is 6.88. The highest BCUT2D eigenvalue weighted by Crippen LogP contribution is 2.37. The molecule has 1 fully saturated rings. The SMILES string of the molecule is CC1(c2ccccc2)C=Cc2c(NC(=O)C3CCC3)n[nH]c2C1. The number of fused-ring (bicyclic) bond motifs is 1. The van der Waals surface area contributed by atoms with Gasteiger partial charge in [-0.05, 0) is 18.4 Å². The molecule has 118 valence electrons. The molecule has 1 saturated carbocycles. The molecule has 1 amide bonds. The molecule has 23 heavy (non-hydrogen) atoms. The normalized spacial score (nSPS) is 23.2. The Labute approximate surface area is 136 Å². The first-order valence-corrected chi connectivity index (χ1v) is 8.28. The summed E-state index contributed by atoms with van der Waals surface area (Å²) in [6.07, 6.45) is 8.33. The Morgan fingerprint density at radius 1 is 1.30 bits per heavy atom. The fourth-order valence-corrected chi connectivity index (χ4v) is 3.40. The van der Waals surface area contributed by atoms with E-state index in [0.717, 1.165) is 36.9 Å². The number of aromatic nitrogens is 2. The monoisotopic (exact) mass is 307 g/mol. The van der Waals surface area contributed by atoms with E-state index in [4.69, 9.17) is 0 Å². The Hall–Kier alpha value is -2.36. The molecule has 1 heterocycles. The van der Waals surface area contributed by atoms with Crippen LogP contribution in [0.15, 0.2) is 36.4 Å². The van der Waals surface area contributed by atoms with Crippen molar-refractivity contribution in [2.75, 3.05) is 5.32 Å². The summed E-state index contributed by atoms with van der Waals surface area (Å²) in [6.45, 7) is 2.23. The van der Waals surface area contributed by atoms with Gasteiger partial charge in [-0.15, -0.1) is 0 Å². The van der Waals surface area contributed by atoms with E-state index >= 15 is 0 Å². The number of anilines is 1. The molecule has 2 aliphatic carbocycles. The standard InChI is InChI=1S/C19H21N3O/c1-19(14-8-3-2-4-9-14)11-10-15-16(12-19)21-22-17(15)20-18(23)13-6-5-7-13/h2-4,8-11,13H,5-7,12H2,1H3,(H2,20,21,22,23). The largest absolute Gasteiger partial charge is 0.308 e. The van der Waals surface area contributed by atoms with Gasteiger partial charge in [0.05, 0.1) is 0 Å². The number of benzene rings is 1. The van der Waals surface area contributed by atoms with Crippen LogP contribution in [0.2, 0.25) is 0 Å². The van der Waals surface area contributed by atoms with Gasteiger partial charge in [-0.25, -0.2) is 0 Å². The van der Waals surface area contributed by atoms with Crippen molar-refractivity contribution in [1.29, 1.82) is 0 Å². The number of nitrogens with one attached hydrogen (secondary N) is 2. The van der Waals surface area contributed by atoms with Crippen molar-refractivity contribution < 1.29 is 4.79 Å². The number of aromatic amines is 1. The molecule has 2 aliphatic rings. The Kier molecular flexibility index (Phi) is 3.33. The Bertz CT molecular complexity index is 758. The predicted octanol–water partition coefficient (Wildman–Crippen LogP) is 3.68. The molecular weight excluding hydrogens is 286 g/mol. The number of rotatable bonds is 3. The average molecular weight is 307 g/mol. The fraction of sp³-hybridized carbons (Fsp3) is 0.368. The fourth-order valence-electron chi connectivity index (χ4n) is 3.40. The summed E-state index contributed by atoms with van der Waals surface area (Å²) in [5.41, 5.74) is 3.35. The number of hydrogen-bond donors (Lipinski definition) is 2. The van der Waals surface area contributed by atoms with Gasteiger partial charge >= 0.3 is 0 Å². The summed E-state index contributed by atoms with van der Waals surface area (Å²) in [6, 6.07) is 10.5. The predicted molar refractivity (Wildman–Crippen MR) is 91.1 cm³/mol. The molecule has 4 rings (SSSR count). The lowest BCUT2D eigenvalue weighted by Crippen LogP contribution is -2.28. The van der Waals surface area contributed by atoms with Gasteiger partial charge in [-0.1, -0.05) is 55.8 Å². The summed E-state index contributed by atoms with van der Waals surface area (Å²) < 4.78 is 0. The molecular formula is C19H21N3O. The number of amides is 1. The Morgan fingerprint density at radius 3 is 2.78 bits per heavy atom. The van der Waals surface area contributed by atoms with Crippen molar-refractivity contribution in [3.05, 3.63) is 53.2 Å². The maximum Gasteiger partial charge on any atom is 0.228 e. The van der Waals surface area contributed by atoms with Gasteiger partial charge in [-0.3, -0.25) is 9.89 Å². The van der Waals surface area contributed by atoms with Gasteiger partial charge in [0.1, 0.15) is 0 Å². The second kappa shape index (κ2) is 5.37. The van der Waals surface area contributed by atoms with Crippen LogP contribution in [-0.4, -0.2) is 16.1 Å². The van der Waals surface area contributed by atoms with E-state index in [9.17, 15) is 4.79 Å². The van der Waals surface area contributed by atoms with E-state index in [2.05, 4.69) is 58.9 Å². The number of carbonyl (C=O) groups excluding carboxylic acids is 1. The zero-order valence-corrected chi connectivity index (χ0v) is 13.3. The second-order valence-corrected chi connectivity index (χ2v) is 6.88. The molecule has 2 aromatic rings. The highest BCUT2D eigenvalue weighted by atomic mass is 16.2. The maximum atomic E-state index is 12.1. The number of carbonyl (C=O) groups is 1. The highest BCUT2D eigenvalue weighted by molar-refractivity contribution is 5.94. The van der Waals surface area contributed by atoms with E-state index in [-0.39, 0.29) is 17.2 Å². The van der Waals surface area contributed by atoms with Crippen LogP contribution in [0.3, 0.4) is 0 Å². The first-order chi connectivity index (χ1) is 11.2. The highest BCUT2D eigenvalue weighted by Gasteiger charge is 2.31. The number of H-pyrrole nitrogens is 1. The number of hydrogen-bond acceptors (Lipinski definition) is 2. The zero-order chi connectivity index (χ0) is 15.9. The lowest BCUT2D eigenvalue weighted by molar-refractivity contribution is -0.122. The summed E-state index contributed by atoms with van der Waals surface area (Å²) in [7, 11) is 0. The van der Waals surface area contributed by atoms with Gasteiger partial charge in [0.25, 0.3) is 0 Å². The number of nitrogens with zero attached hydrogens (tertiary/aromatic N) is 1. The number of allylic oxidation sites excluding steroid dienone is 1. The molecule has 1 unspecified atom stereocenters.